The van der Waals surface area contributed by atoms with E-state index in [0.29, 0.717) is 6.61 Å². The number of hydrogen-bond acceptors (Lipinski definition) is 4. The minimum atomic E-state index is -0.733. The normalized spacial score (nSPS) is 12.3. The summed E-state index contributed by atoms with van der Waals surface area (Å²) in [4.78, 5) is 11.4. The number of carbonyl (C=O) groups is 1. The van der Waals surface area contributed by atoms with Gasteiger partial charge in [-0.05, 0) is 38.5 Å². The van der Waals surface area contributed by atoms with Gasteiger partial charge in [0.1, 0.15) is 11.8 Å². The molecule has 0 aliphatic rings. The summed E-state index contributed by atoms with van der Waals surface area (Å²) in [6.07, 6.45) is 0.125. The Morgan fingerprint density at radius 2 is 1.88 bits per heavy atom. The van der Waals surface area contributed by atoms with Crippen molar-refractivity contribution in [2.45, 2.75) is 32.9 Å². The first-order valence-corrected chi connectivity index (χ1v) is 5.73. The van der Waals surface area contributed by atoms with Gasteiger partial charge in [-0.1, -0.05) is 12.1 Å². The monoisotopic (exact) mass is 237 g/mol. The Balaban J connectivity index is 2.70. The van der Waals surface area contributed by atoms with Crippen LogP contribution in [0.4, 0.5) is 0 Å². The fraction of sp³-hybridized carbons (Fsp3) is 0.462. The molecule has 0 aliphatic heterocycles. The van der Waals surface area contributed by atoms with Crippen LogP contribution < -0.4 is 10.5 Å². The first kappa shape index (κ1) is 13.5. The van der Waals surface area contributed by atoms with Crippen LogP contribution in [0, 0.1) is 0 Å². The summed E-state index contributed by atoms with van der Waals surface area (Å²) < 4.78 is 10.4. The molecule has 4 nitrogen and oxygen atoms in total. The van der Waals surface area contributed by atoms with Crippen molar-refractivity contribution in [3.63, 3.8) is 0 Å². The highest BCUT2D eigenvalue weighted by Crippen LogP contribution is 2.18. The molecule has 4 heteroatoms. The smallest absolute Gasteiger partial charge is 0.327 e. The molecule has 0 amide bonds. The summed E-state index contributed by atoms with van der Waals surface area (Å²) in [7, 11) is 0. The molecule has 0 radical (unpaired) electrons. The van der Waals surface area contributed by atoms with Crippen molar-refractivity contribution in [2.24, 2.45) is 5.73 Å². The van der Waals surface area contributed by atoms with E-state index >= 15 is 0 Å². The van der Waals surface area contributed by atoms with Crippen LogP contribution in [0.25, 0.3) is 0 Å². The Bertz CT molecular complexity index is 359. The summed E-state index contributed by atoms with van der Waals surface area (Å²) >= 11 is 0. The lowest BCUT2D eigenvalue weighted by atomic mass is 10.1. The summed E-state index contributed by atoms with van der Waals surface area (Å²) in [5.41, 5.74) is 6.48. The molecule has 1 rings (SSSR count). The SMILES string of the molecule is CCOC(=O)C(N)c1ccc(OC(C)C)cc1. The predicted molar refractivity (Wildman–Crippen MR) is 65.8 cm³/mol. The second-order valence-corrected chi connectivity index (χ2v) is 3.97. The van der Waals surface area contributed by atoms with E-state index in [-0.39, 0.29) is 6.10 Å². The second-order valence-electron chi connectivity index (χ2n) is 3.97. The third kappa shape index (κ3) is 4.07. The van der Waals surface area contributed by atoms with Crippen molar-refractivity contribution in [2.75, 3.05) is 6.61 Å². The van der Waals surface area contributed by atoms with E-state index in [9.17, 15) is 4.79 Å². The highest BCUT2D eigenvalue weighted by Gasteiger charge is 2.16. The van der Waals surface area contributed by atoms with Crippen LogP contribution in [-0.2, 0) is 9.53 Å². The summed E-state index contributed by atoms with van der Waals surface area (Å²) in [5.74, 6) is 0.352. The molecule has 0 aromatic heterocycles. The molecule has 1 aromatic rings. The maximum absolute atomic E-state index is 11.4. The Labute approximate surface area is 102 Å². The predicted octanol–water partition coefficient (Wildman–Crippen LogP) is 2.04. The number of esters is 1. The molecule has 1 unspecified atom stereocenters. The average molecular weight is 237 g/mol. The zero-order chi connectivity index (χ0) is 12.8. The van der Waals surface area contributed by atoms with Crippen LogP contribution in [0.2, 0.25) is 0 Å². The summed E-state index contributed by atoms with van der Waals surface area (Å²) in [6, 6.07) is 6.42. The quantitative estimate of drug-likeness (QED) is 0.796. The van der Waals surface area contributed by atoms with Crippen molar-refractivity contribution in [3.8, 4) is 5.75 Å². The molecule has 1 aromatic carbocycles. The Morgan fingerprint density at radius 1 is 1.29 bits per heavy atom. The van der Waals surface area contributed by atoms with Gasteiger partial charge in [0.15, 0.2) is 0 Å². The molecule has 0 fully saturated rings. The van der Waals surface area contributed by atoms with E-state index in [1.807, 2.05) is 13.8 Å². The maximum atomic E-state index is 11.4. The van der Waals surface area contributed by atoms with Crippen molar-refractivity contribution < 1.29 is 14.3 Å². The van der Waals surface area contributed by atoms with Crippen LogP contribution in [0.5, 0.6) is 5.75 Å². The van der Waals surface area contributed by atoms with Gasteiger partial charge in [-0.25, -0.2) is 4.79 Å². The molecule has 0 heterocycles. The number of carbonyl (C=O) groups excluding carboxylic acids is 1. The molecule has 1 atom stereocenters. The molecule has 0 aliphatic carbocycles. The number of benzene rings is 1. The number of rotatable bonds is 5. The van der Waals surface area contributed by atoms with Gasteiger partial charge < -0.3 is 15.2 Å². The highest BCUT2D eigenvalue weighted by molar-refractivity contribution is 5.77. The third-order valence-electron chi connectivity index (χ3n) is 2.15. The topological polar surface area (TPSA) is 61.5 Å². The number of hydrogen-bond donors (Lipinski definition) is 1. The molecule has 0 spiro atoms. The second kappa shape index (κ2) is 6.25. The molecular formula is C13H19NO3. The van der Waals surface area contributed by atoms with Gasteiger partial charge >= 0.3 is 5.97 Å². The molecular weight excluding hydrogens is 218 g/mol. The van der Waals surface area contributed by atoms with E-state index in [0.717, 1.165) is 11.3 Å². The fourth-order valence-electron chi connectivity index (χ4n) is 1.39. The largest absolute Gasteiger partial charge is 0.491 e. The first-order valence-electron chi connectivity index (χ1n) is 5.73. The number of ether oxygens (including phenoxy) is 2. The minimum Gasteiger partial charge on any atom is -0.491 e. The lowest BCUT2D eigenvalue weighted by molar-refractivity contribution is -0.144. The van der Waals surface area contributed by atoms with Crippen LogP contribution in [0.1, 0.15) is 32.4 Å². The van der Waals surface area contributed by atoms with Crippen LogP contribution in [-0.4, -0.2) is 18.7 Å². The Hall–Kier alpha value is -1.55. The van der Waals surface area contributed by atoms with Gasteiger partial charge in [0, 0.05) is 0 Å². The van der Waals surface area contributed by atoms with Crippen LogP contribution in [0.3, 0.4) is 0 Å². The van der Waals surface area contributed by atoms with Crippen molar-refractivity contribution in [1.29, 1.82) is 0 Å². The molecule has 0 saturated heterocycles. The van der Waals surface area contributed by atoms with E-state index in [4.69, 9.17) is 15.2 Å². The summed E-state index contributed by atoms with van der Waals surface area (Å²) in [5, 5.41) is 0. The Morgan fingerprint density at radius 3 is 2.35 bits per heavy atom. The van der Waals surface area contributed by atoms with E-state index in [2.05, 4.69) is 0 Å². The van der Waals surface area contributed by atoms with Crippen molar-refractivity contribution in [1.82, 2.24) is 0 Å². The molecule has 2 N–H and O–H groups in total. The van der Waals surface area contributed by atoms with Gasteiger partial charge in [-0.15, -0.1) is 0 Å². The van der Waals surface area contributed by atoms with Crippen molar-refractivity contribution >= 4 is 5.97 Å². The van der Waals surface area contributed by atoms with E-state index < -0.39 is 12.0 Å². The molecule has 0 saturated carbocycles. The van der Waals surface area contributed by atoms with Crippen LogP contribution >= 0.6 is 0 Å². The molecule has 0 bridgehead atoms. The molecule has 17 heavy (non-hydrogen) atoms. The van der Waals surface area contributed by atoms with Gasteiger partial charge in [0.05, 0.1) is 12.7 Å². The maximum Gasteiger partial charge on any atom is 0.327 e. The number of nitrogens with two attached hydrogens (primary N) is 1. The standard InChI is InChI=1S/C13H19NO3/c1-4-16-13(15)12(14)10-5-7-11(8-6-10)17-9(2)3/h5-9,12H,4,14H2,1-3H3. The van der Waals surface area contributed by atoms with E-state index in [1.54, 1.807) is 31.2 Å². The van der Waals surface area contributed by atoms with E-state index in [1.165, 1.54) is 0 Å². The van der Waals surface area contributed by atoms with Crippen LogP contribution in [0.15, 0.2) is 24.3 Å². The van der Waals surface area contributed by atoms with Gasteiger partial charge in [0.25, 0.3) is 0 Å². The van der Waals surface area contributed by atoms with Gasteiger partial charge in [0.2, 0.25) is 0 Å². The molecule has 94 valence electrons. The fourth-order valence-corrected chi connectivity index (χ4v) is 1.39. The zero-order valence-corrected chi connectivity index (χ0v) is 10.5. The average Bonchev–Trinajstić information content (AvgIpc) is 2.28. The first-order chi connectivity index (χ1) is 8.04. The lowest BCUT2D eigenvalue weighted by Crippen LogP contribution is -2.23. The Kier molecular flexibility index (Phi) is 4.97. The highest BCUT2D eigenvalue weighted by atomic mass is 16.5. The zero-order valence-electron chi connectivity index (χ0n) is 10.5. The van der Waals surface area contributed by atoms with Gasteiger partial charge in [-0.3, -0.25) is 0 Å². The third-order valence-corrected chi connectivity index (χ3v) is 2.15. The minimum absolute atomic E-state index is 0.125. The van der Waals surface area contributed by atoms with Gasteiger partial charge in [-0.2, -0.15) is 0 Å². The van der Waals surface area contributed by atoms with Crippen molar-refractivity contribution in [3.05, 3.63) is 29.8 Å². The summed E-state index contributed by atoms with van der Waals surface area (Å²) in [6.45, 7) is 6.00. The lowest BCUT2D eigenvalue weighted by Gasteiger charge is -2.13.